The van der Waals surface area contributed by atoms with E-state index in [0.29, 0.717) is 0 Å². The lowest BCUT2D eigenvalue weighted by molar-refractivity contribution is -1.03. The first-order valence-electron chi connectivity index (χ1n) is 3.86. The summed E-state index contributed by atoms with van der Waals surface area (Å²) in [6, 6.07) is -0.0347. The van der Waals surface area contributed by atoms with Gasteiger partial charge in [-0.2, -0.15) is 0 Å². The molecule has 0 spiro atoms. The van der Waals surface area contributed by atoms with Crippen molar-refractivity contribution in [2.45, 2.75) is 39.5 Å². The minimum absolute atomic E-state index is 0. The Morgan fingerprint density at radius 2 is 1.23 bits per heavy atom. The van der Waals surface area contributed by atoms with E-state index in [4.69, 9.17) is 11.6 Å². The van der Waals surface area contributed by atoms with Crippen LogP contribution < -0.4 is 12.4 Å². The largest absolute Gasteiger partial charge is 1.00 e. The van der Waals surface area contributed by atoms with Crippen molar-refractivity contribution < 1.29 is 32.2 Å². The number of hydrogen-bond donors (Lipinski definition) is 3. The summed E-state index contributed by atoms with van der Waals surface area (Å²) < 4.78 is -0.332. The highest BCUT2D eigenvalue weighted by atomic mass is 35.5. The van der Waals surface area contributed by atoms with Crippen molar-refractivity contribution in [3.8, 4) is 0 Å². The van der Waals surface area contributed by atoms with Crippen molar-refractivity contribution in [1.29, 1.82) is 0 Å². The molecule has 0 aromatic rings. The number of aliphatic hydroxyl groups is 3. The summed E-state index contributed by atoms with van der Waals surface area (Å²) in [6.07, 6.45) is -2.70. The molecule has 0 saturated carbocycles. The average molecular weight is 234 g/mol. The molecule has 3 unspecified atom stereocenters. The molecule has 4 nitrogen and oxygen atoms in total. The standard InChI is InChI=1S/C7H17ClNO3.ClH/c1-5(10)9(4-8,6(2)11)7(3)12;/h5-7,10-12H,4H2,1-3H3;1H/q+1;/p-1. The van der Waals surface area contributed by atoms with Crippen LogP contribution in [0, 0.1) is 0 Å². The molecule has 0 heterocycles. The van der Waals surface area contributed by atoms with Gasteiger partial charge in [-0.3, -0.25) is 0 Å². The van der Waals surface area contributed by atoms with Gasteiger partial charge in [-0.15, -0.1) is 0 Å². The second-order valence-electron chi connectivity index (χ2n) is 3.01. The maximum absolute atomic E-state index is 9.37. The van der Waals surface area contributed by atoms with Crippen LogP contribution in [0.25, 0.3) is 0 Å². The minimum atomic E-state index is -0.900. The van der Waals surface area contributed by atoms with Gasteiger partial charge in [0.2, 0.25) is 0 Å². The Morgan fingerprint density at radius 1 is 1.00 bits per heavy atom. The van der Waals surface area contributed by atoms with Crippen molar-refractivity contribution in [2.75, 3.05) is 6.00 Å². The predicted molar refractivity (Wildman–Crippen MR) is 46.0 cm³/mol. The summed E-state index contributed by atoms with van der Waals surface area (Å²) in [5.41, 5.74) is 0. The van der Waals surface area contributed by atoms with Gasteiger partial charge in [0.15, 0.2) is 24.7 Å². The molecule has 0 aliphatic heterocycles. The first kappa shape index (κ1) is 15.9. The van der Waals surface area contributed by atoms with E-state index in [-0.39, 0.29) is 22.9 Å². The van der Waals surface area contributed by atoms with E-state index in [1.807, 2.05) is 0 Å². The zero-order valence-corrected chi connectivity index (χ0v) is 9.50. The molecule has 0 aliphatic rings. The second-order valence-corrected chi connectivity index (χ2v) is 3.25. The Hall–Kier alpha value is 0.420. The summed E-state index contributed by atoms with van der Waals surface area (Å²) in [5, 5.41) is 28.1. The summed E-state index contributed by atoms with van der Waals surface area (Å²) in [6.45, 7) is 4.46. The molecule has 82 valence electrons. The van der Waals surface area contributed by atoms with Crippen LogP contribution in [0.2, 0.25) is 0 Å². The highest BCUT2D eigenvalue weighted by Crippen LogP contribution is 2.21. The molecule has 13 heavy (non-hydrogen) atoms. The zero-order valence-electron chi connectivity index (χ0n) is 7.98. The molecule has 3 atom stereocenters. The smallest absolute Gasteiger partial charge is 0.192 e. The molecule has 0 saturated heterocycles. The van der Waals surface area contributed by atoms with E-state index in [0.717, 1.165) is 0 Å². The van der Waals surface area contributed by atoms with Crippen LogP contribution in [0.1, 0.15) is 20.8 Å². The number of alkyl halides is 1. The normalized spacial score (nSPS) is 22.4. The van der Waals surface area contributed by atoms with E-state index in [9.17, 15) is 15.3 Å². The molecule has 0 aromatic carbocycles. The topological polar surface area (TPSA) is 60.7 Å². The van der Waals surface area contributed by atoms with Crippen LogP contribution in [0.3, 0.4) is 0 Å². The fraction of sp³-hybridized carbons (Fsp3) is 1.00. The Balaban J connectivity index is 0. The molecule has 0 aromatic heterocycles. The van der Waals surface area contributed by atoms with E-state index in [2.05, 4.69) is 0 Å². The highest BCUT2D eigenvalue weighted by Gasteiger charge is 2.41. The highest BCUT2D eigenvalue weighted by molar-refractivity contribution is 6.17. The van der Waals surface area contributed by atoms with Crippen molar-refractivity contribution in [2.24, 2.45) is 0 Å². The number of rotatable bonds is 4. The average Bonchev–Trinajstić information content (AvgIpc) is 1.86. The summed E-state index contributed by atoms with van der Waals surface area (Å²) in [5.74, 6) is 0. The van der Waals surface area contributed by atoms with Crippen molar-refractivity contribution in [3.05, 3.63) is 0 Å². The van der Waals surface area contributed by atoms with Gasteiger partial charge in [0.25, 0.3) is 0 Å². The Labute approximate surface area is 89.7 Å². The number of quaternary nitrogens is 1. The van der Waals surface area contributed by atoms with Crippen molar-refractivity contribution in [1.82, 2.24) is 0 Å². The Morgan fingerprint density at radius 3 is 1.23 bits per heavy atom. The lowest BCUT2D eigenvalue weighted by Gasteiger charge is -2.43. The third kappa shape index (κ3) is 2.94. The molecule has 6 heteroatoms. The molecule has 0 bridgehead atoms. The first-order valence-corrected chi connectivity index (χ1v) is 4.40. The molecule has 0 rings (SSSR count). The second kappa shape index (κ2) is 6.01. The molecular formula is C7H17Cl2NO3. The van der Waals surface area contributed by atoms with E-state index in [1.54, 1.807) is 0 Å². The number of halogens is 2. The third-order valence-electron chi connectivity index (χ3n) is 2.29. The van der Waals surface area contributed by atoms with Gasteiger partial charge in [-0.1, -0.05) is 11.6 Å². The Kier molecular flexibility index (Phi) is 7.34. The molecule has 0 amide bonds. The quantitative estimate of drug-likeness (QED) is 0.210. The monoisotopic (exact) mass is 233 g/mol. The SMILES string of the molecule is CC(O)[N+](CCl)(C(C)O)C(C)O.[Cl-]. The lowest BCUT2D eigenvalue weighted by atomic mass is 10.3. The van der Waals surface area contributed by atoms with Crippen LogP contribution in [-0.2, 0) is 0 Å². The van der Waals surface area contributed by atoms with Crippen LogP contribution >= 0.6 is 11.6 Å². The van der Waals surface area contributed by atoms with Crippen molar-refractivity contribution in [3.63, 3.8) is 0 Å². The molecule has 0 aliphatic carbocycles. The number of aliphatic hydroxyl groups excluding tert-OH is 3. The molecule has 0 fully saturated rings. The summed E-state index contributed by atoms with van der Waals surface area (Å²) in [7, 11) is 0. The minimum Gasteiger partial charge on any atom is -1.00 e. The van der Waals surface area contributed by atoms with Gasteiger partial charge in [0.1, 0.15) is 0 Å². The van der Waals surface area contributed by atoms with Crippen LogP contribution in [0.4, 0.5) is 0 Å². The first-order chi connectivity index (χ1) is 5.39. The maximum atomic E-state index is 9.37. The summed E-state index contributed by atoms with van der Waals surface area (Å²) >= 11 is 5.60. The van der Waals surface area contributed by atoms with Crippen molar-refractivity contribution >= 4 is 11.6 Å². The fourth-order valence-corrected chi connectivity index (χ4v) is 1.84. The van der Waals surface area contributed by atoms with Gasteiger partial charge >= 0.3 is 0 Å². The lowest BCUT2D eigenvalue weighted by Crippen LogP contribution is -3.00. The van der Waals surface area contributed by atoms with Gasteiger partial charge in [-0.05, 0) is 0 Å². The molecular weight excluding hydrogens is 217 g/mol. The van der Waals surface area contributed by atoms with Crippen LogP contribution in [0.15, 0.2) is 0 Å². The maximum Gasteiger partial charge on any atom is 0.192 e. The van der Waals surface area contributed by atoms with Gasteiger partial charge in [0.05, 0.1) is 0 Å². The van der Waals surface area contributed by atoms with E-state index in [1.165, 1.54) is 20.8 Å². The van der Waals surface area contributed by atoms with Crippen LogP contribution in [-0.4, -0.2) is 44.5 Å². The van der Waals surface area contributed by atoms with E-state index >= 15 is 0 Å². The molecule has 0 radical (unpaired) electrons. The van der Waals surface area contributed by atoms with Gasteiger partial charge in [-0.25, -0.2) is 4.48 Å². The van der Waals surface area contributed by atoms with Gasteiger partial charge in [0, 0.05) is 20.8 Å². The molecule has 3 N–H and O–H groups in total. The third-order valence-corrected chi connectivity index (χ3v) is 2.71. The van der Waals surface area contributed by atoms with E-state index < -0.39 is 18.7 Å². The zero-order chi connectivity index (χ0) is 9.94. The fourth-order valence-electron chi connectivity index (χ4n) is 1.24. The number of hydrogen-bond acceptors (Lipinski definition) is 3. The van der Waals surface area contributed by atoms with Gasteiger partial charge < -0.3 is 27.7 Å². The summed E-state index contributed by atoms with van der Waals surface area (Å²) in [4.78, 5) is 0. The Bertz CT molecular complexity index is 120. The van der Waals surface area contributed by atoms with Crippen LogP contribution in [0.5, 0.6) is 0 Å². The predicted octanol–water partition coefficient (Wildman–Crippen LogP) is -2.98. The number of nitrogens with zero attached hydrogens (tertiary/aromatic N) is 1.